The maximum absolute atomic E-state index is 12.9. The van der Waals surface area contributed by atoms with Crippen molar-refractivity contribution in [3.8, 4) is 5.75 Å². The second-order valence-electron chi connectivity index (χ2n) is 7.40. The molecule has 1 aromatic carbocycles. The molecule has 2 aliphatic rings. The Balaban J connectivity index is 1.56. The average Bonchev–Trinajstić information content (AvgIpc) is 2.92. The summed E-state index contributed by atoms with van der Waals surface area (Å²) in [6.45, 7) is 0. The largest absolute Gasteiger partial charge is 0.497 e. The minimum Gasteiger partial charge on any atom is -0.497 e. The number of carbonyl (C=O) groups is 1. The molecule has 25 heavy (non-hydrogen) atoms. The molecule has 3 atom stereocenters. The Hall–Kier alpha value is -2.08. The molecule has 2 aromatic rings. The SMILES string of the molecule is COc1ccc2c(c1)c(C(=O)NC1C[C@H]3CCC[C@@H](C1)N3C)nn2C. The number of methoxy groups -OCH3 is 1. The number of aromatic nitrogens is 2. The Kier molecular flexibility index (Phi) is 4.15. The molecule has 2 bridgehead atoms. The number of carbonyl (C=O) groups excluding carboxylic acids is 1. The smallest absolute Gasteiger partial charge is 0.272 e. The molecule has 2 fully saturated rings. The van der Waals surface area contributed by atoms with Gasteiger partial charge in [-0.05, 0) is 50.9 Å². The Morgan fingerprint density at radius 1 is 1.24 bits per heavy atom. The van der Waals surface area contributed by atoms with Crippen LogP contribution in [-0.4, -0.2) is 52.9 Å². The zero-order valence-electron chi connectivity index (χ0n) is 15.2. The zero-order valence-corrected chi connectivity index (χ0v) is 15.2. The van der Waals surface area contributed by atoms with Crippen LogP contribution in [0.5, 0.6) is 5.75 Å². The molecule has 0 aliphatic carbocycles. The van der Waals surface area contributed by atoms with Crippen molar-refractivity contribution < 1.29 is 9.53 Å². The second-order valence-corrected chi connectivity index (χ2v) is 7.40. The van der Waals surface area contributed by atoms with Crippen molar-refractivity contribution in [2.24, 2.45) is 7.05 Å². The highest BCUT2D eigenvalue weighted by Gasteiger charge is 2.36. The number of nitrogens with one attached hydrogen (secondary N) is 1. The lowest BCUT2D eigenvalue weighted by Crippen LogP contribution is -2.55. The molecular formula is C19H26N4O2. The van der Waals surface area contributed by atoms with E-state index in [1.165, 1.54) is 19.3 Å². The third-order valence-corrected chi connectivity index (χ3v) is 5.95. The van der Waals surface area contributed by atoms with Gasteiger partial charge in [0.05, 0.1) is 12.6 Å². The summed E-state index contributed by atoms with van der Waals surface area (Å²) in [4.78, 5) is 15.4. The highest BCUT2D eigenvalue weighted by Crippen LogP contribution is 2.33. The van der Waals surface area contributed by atoms with Crippen molar-refractivity contribution in [3.05, 3.63) is 23.9 Å². The van der Waals surface area contributed by atoms with E-state index >= 15 is 0 Å². The zero-order chi connectivity index (χ0) is 17.6. The van der Waals surface area contributed by atoms with E-state index in [0.29, 0.717) is 17.8 Å². The van der Waals surface area contributed by atoms with E-state index in [9.17, 15) is 4.79 Å². The van der Waals surface area contributed by atoms with Crippen LogP contribution in [0.15, 0.2) is 18.2 Å². The van der Waals surface area contributed by atoms with Crippen molar-refractivity contribution in [2.75, 3.05) is 14.2 Å². The molecule has 3 heterocycles. The summed E-state index contributed by atoms with van der Waals surface area (Å²) in [5.74, 6) is 0.662. The summed E-state index contributed by atoms with van der Waals surface area (Å²) in [6.07, 6.45) is 5.86. The molecule has 4 rings (SSSR count). The van der Waals surface area contributed by atoms with E-state index in [2.05, 4.69) is 22.4 Å². The van der Waals surface area contributed by atoms with Crippen molar-refractivity contribution in [2.45, 2.75) is 50.2 Å². The highest BCUT2D eigenvalue weighted by atomic mass is 16.5. The van der Waals surface area contributed by atoms with Crippen molar-refractivity contribution in [1.29, 1.82) is 0 Å². The molecular weight excluding hydrogens is 316 g/mol. The molecule has 0 radical (unpaired) electrons. The summed E-state index contributed by atoms with van der Waals surface area (Å²) >= 11 is 0. The maximum atomic E-state index is 12.9. The maximum Gasteiger partial charge on any atom is 0.272 e. The third-order valence-electron chi connectivity index (χ3n) is 5.95. The number of rotatable bonds is 3. The molecule has 2 aliphatic heterocycles. The lowest BCUT2D eigenvalue weighted by Gasteiger charge is -2.47. The van der Waals surface area contributed by atoms with Gasteiger partial charge >= 0.3 is 0 Å². The predicted molar refractivity (Wildman–Crippen MR) is 96.9 cm³/mol. The van der Waals surface area contributed by atoms with Gasteiger partial charge in [-0.3, -0.25) is 9.48 Å². The van der Waals surface area contributed by atoms with Crippen LogP contribution in [0.2, 0.25) is 0 Å². The average molecular weight is 342 g/mol. The number of nitrogens with zero attached hydrogens (tertiary/aromatic N) is 3. The first-order valence-electron chi connectivity index (χ1n) is 9.10. The van der Waals surface area contributed by atoms with Gasteiger partial charge in [-0.15, -0.1) is 0 Å². The molecule has 1 amide bonds. The van der Waals surface area contributed by atoms with Crippen LogP contribution in [0.4, 0.5) is 0 Å². The van der Waals surface area contributed by atoms with Gasteiger partial charge in [-0.1, -0.05) is 6.42 Å². The van der Waals surface area contributed by atoms with Crippen LogP contribution in [-0.2, 0) is 7.05 Å². The van der Waals surface area contributed by atoms with Crippen molar-refractivity contribution >= 4 is 16.8 Å². The second kappa shape index (κ2) is 6.33. The van der Waals surface area contributed by atoms with Crippen LogP contribution >= 0.6 is 0 Å². The third kappa shape index (κ3) is 2.88. The molecule has 0 saturated carbocycles. The van der Waals surface area contributed by atoms with Crippen molar-refractivity contribution in [1.82, 2.24) is 20.0 Å². The lowest BCUT2D eigenvalue weighted by atomic mass is 9.82. The number of hydrogen-bond acceptors (Lipinski definition) is 4. The Labute approximate surface area is 148 Å². The summed E-state index contributed by atoms with van der Waals surface area (Å²) in [5, 5.41) is 8.54. The number of aryl methyl sites for hydroxylation is 1. The van der Waals surface area contributed by atoms with Gasteiger partial charge in [0.1, 0.15) is 5.75 Å². The molecule has 2 saturated heterocycles. The fourth-order valence-corrected chi connectivity index (χ4v) is 4.53. The Bertz CT molecular complexity index is 786. The van der Waals surface area contributed by atoms with Crippen LogP contribution in [0.25, 0.3) is 10.9 Å². The normalized spacial score (nSPS) is 26.6. The fraction of sp³-hybridized carbons (Fsp3) is 0.579. The summed E-state index contributed by atoms with van der Waals surface area (Å²) in [7, 11) is 5.73. The van der Waals surface area contributed by atoms with E-state index in [1.807, 2.05) is 25.2 Å². The van der Waals surface area contributed by atoms with Crippen LogP contribution < -0.4 is 10.1 Å². The molecule has 1 N–H and O–H groups in total. The number of hydrogen-bond donors (Lipinski definition) is 1. The number of amides is 1. The minimum atomic E-state index is -0.0773. The summed E-state index contributed by atoms with van der Waals surface area (Å²) < 4.78 is 7.06. The van der Waals surface area contributed by atoms with Crippen molar-refractivity contribution in [3.63, 3.8) is 0 Å². The number of piperidine rings is 2. The highest BCUT2D eigenvalue weighted by molar-refractivity contribution is 6.05. The van der Waals surface area contributed by atoms with E-state index in [1.54, 1.807) is 11.8 Å². The summed E-state index contributed by atoms with van der Waals surface area (Å²) in [5.41, 5.74) is 1.42. The van der Waals surface area contributed by atoms with Crippen LogP contribution in [0, 0.1) is 0 Å². The van der Waals surface area contributed by atoms with E-state index < -0.39 is 0 Å². The van der Waals surface area contributed by atoms with Gasteiger partial charge in [0.15, 0.2) is 5.69 Å². The number of benzene rings is 1. The van der Waals surface area contributed by atoms with Gasteiger partial charge in [0, 0.05) is 30.6 Å². The first-order valence-corrected chi connectivity index (χ1v) is 9.10. The molecule has 6 nitrogen and oxygen atoms in total. The van der Waals surface area contributed by atoms with Gasteiger partial charge in [-0.25, -0.2) is 0 Å². The van der Waals surface area contributed by atoms with Crippen LogP contribution in [0.1, 0.15) is 42.6 Å². The monoisotopic (exact) mass is 342 g/mol. The summed E-state index contributed by atoms with van der Waals surface area (Å²) in [6, 6.07) is 7.15. The first-order chi connectivity index (χ1) is 12.1. The van der Waals surface area contributed by atoms with Gasteiger partial charge in [0.2, 0.25) is 0 Å². The molecule has 1 unspecified atom stereocenters. The fourth-order valence-electron chi connectivity index (χ4n) is 4.53. The molecule has 134 valence electrons. The van der Waals surface area contributed by atoms with Crippen LogP contribution in [0.3, 0.4) is 0 Å². The Morgan fingerprint density at radius 3 is 2.64 bits per heavy atom. The quantitative estimate of drug-likeness (QED) is 0.930. The van der Waals surface area contributed by atoms with E-state index in [4.69, 9.17) is 4.74 Å². The lowest BCUT2D eigenvalue weighted by molar-refractivity contribution is 0.0462. The minimum absolute atomic E-state index is 0.0773. The standard InChI is InChI=1S/C19H26N4O2/c1-22-13-5-4-6-14(22)10-12(9-13)20-19(24)18-16-11-15(25-3)7-8-17(16)23(2)21-18/h7-8,11-14H,4-6,9-10H2,1-3H3,(H,20,24)/t12?,13-,14+. The predicted octanol–water partition coefficient (Wildman–Crippen LogP) is 2.33. The molecule has 0 spiro atoms. The van der Waals surface area contributed by atoms with Gasteiger partial charge in [0.25, 0.3) is 5.91 Å². The molecule has 6 heteroatoms. The molecule has 1 aromatic heterocycles. The Morgan fingerprint density at radius 2 is 1.96 bits per heavy atom. The topological polar surface area (TPSA) is 59.4 Å². The first kappa shape index (κ1) is 16.4. The van der Waals surface area contributed by atoms with E-state index in [0.717, 1.165) is 29.5 Å². The number of fused-ring (bicyclic) bond motifs is 3. The number of ether oxygens (including phenoxy) is 1. The van der Waals surface area contributed by atoms with Gasteiger partial charge < -0.3 is 15.0 Å². The van der Waals surface area contributed by atoms with E-state index in [-0.39, 0.29) is 11.9 Å². The van der Waals surface area contributed by atoms with Gasteiger partial charge in [-0.2, -0.15) is 5.10 Å².